The normalized spacial score (nSPS) is 16.1. The van der Waals surface area contributed by atoms with Crippen LogP contribution in [0.25, 0.3) is 0 Å². The van der Waals surface area contributed by atoms with Crippen LogP contribution in [-0.4, -0.2) is 20.0 Å². The molecule has 1 fully saturated rings. The average molecular weight is 280 g/mol. The van der Waals surface area contributed by atoms with Gasteiger partial charge in [-0.1, -0.05) is 23.4 Å². The zero-order valence-electron chi connectivity index (χ0n) is 10.4. The number of halogens is 1. The van der Waals surface area contributed by atoms with Gasteiger partial charge in [-0.05, 0) is 24.8 Å². The molecule has 0 bridgehead atoms. The maximum absolute atomic E-state index is 6.03. The zero-order chi connectivity index (χ0) is 13.2. The molecule has 1 heterocycles. The lowest BCUT2D eigenvalue weighted by atomic mass is 10.1. The second kappa shape index (κ2) is 5.20. The van der Waals surface area contributed by atoms with Gasteiger partial charge in [-0.25, -0.2) is 0 Å². The summed E-state index contributed by atoms with van der Waals surface area (Å²) in [5, 5.41) is 0.424. The Balaban J connectivity index is 1.71. The third-order valence-corrected chi connectivity index (χ3v) is 3.39. The first-order valence-corrected chi connectivity index (χ1v) is 6.57. The highest BCUT2D eigenvalue weighted by molar-refractivity contribution is 6.33. The molecule has 1 saturated carbocycles. The Kier molecular flexibility index (Phi) is 3.41. The molecular formula is C14H14ClNO3. The topological polar surface area (TPSA) is 53.7 Å². The van der Waals surface area contributed by atoms with Gasteiger partial charge in [0, 0.05) is 0 Å². The molecule has 1 aliphatic carbocycles. The molecule has 2 N–H and O–H groups in total. The minimum Gasteiger partial charge on any atom is -0.452 e. The monoisotopic (exact) mass is 279 g/mol. The van der Waals surface area contributed by atoms with Crippen molar-refractivity contribution in [2.24, 2.45) is 5.92 Å². The van der Waals surface area contributed by atoms with Crippen LogP contribution in [0, 0.1) is 17.8 Å². The van der Waals surface area contributed by atoms with E-state index in [1.54, 1.807) is 6.07 Å². The lowest BCUT2D eigenvalue weighted by Crippen LogP contribution is -1.96. The summed E-state index contributed by atoms with van der Waals surface area (Å²) in [5.41, 5.74) is 6.88. The zero-order valence-corrected chi connectivity index (χ0v) is 11.1. The van der Waals surface area contributed by atoms with E-state index < -0.39 is 0 Å². The molecule has 4 nitrogen and oxygen atoms in total. The summed E-state index contributed by atoms with van der Waals surface area (Å²) in [6.07, 6.45) is 2.55. The first-order chi connectivity index (χ1) is 9.25. The van der Waals surface area contributed by atoms with Crippen molar-refractivity contribution in [3.63, 3.8) is 0 Å². The number of rotatable bonds is 3. The number of hydrogen-bond donors (Lipinski definition) is 1. The van der Waals surface area contributed by atoms with Gasteiger partial charge in [-0.3, -0.25) is 0 Å². The molecule has 0 unspecified atom stereocenters. The van der Waals surface area contributed by atoms with Crippen molar-refractivity contribution in [3.05, 3.63) is 16.7 Å². The summed E-state index contributed by atoms with van der Waals surface area (Å²) >= 11 is 6.03. The van der Waals surface area contributed by atoms with Gasteiger partial charge in [0.25, 0.3) is 0 Å². The summed E-state index contributed by atoms with van der Waals surface area (Å²) in [7, 11) is 0. The van der Waals surface area contributed by atoms with Gasteiger partial charge in [0.2, 0.25) is 6.79 Å². The molecule has 0 spiro atoms. The van der Waals surface area contributed by atoms with Gasteiger partial charge in [0.15, 0.2) is 11.5 Å². The van der Waals surface area contributed by atoms with Gasteiger partial charge in [-0.15, -0.1) is 0 Å². The van der Waals surface area contributed by atoms with Crippen LogP contribution in [0.15, 0.2) is 6.07 Å². The molecule has 0 atom stereocenters. The van der Waals surface area contributed by atoms with Crippen LogP contribution in [0.2, 0.25) is 5.02 Å². The van der Waals surface area contributed by atoms with Crippen molar-refractivity contribution in [1.82, 2.24) is 0 Å². The summed E-state index contributed by atoms with van der Waals surface area (Å²) in [6, 6.07) is 1.69. The molecule has 3 rings (SSSR count). The highest BCUT2D eigenvalue weighted by Crippen LogP contribution is 2.44. The largest absolute Gasteiger partial charge is 0.452 e. The van der Waals surface area contributed by atoms with Gasteiger partial charge >= 0.3 is 0 Å². The lowest BCUT2D eigenvalue weighted by molar-refractivity contribution is 0.156. The molecular weight excluding hydrogens is 266 g/mol. The van der Waals surface area contributed by atoms with Crippen molar-refractivity contribution in [2.45, 2.75) is 12.8 Å². The smallest absolute Gasteiger partial charge is 0.231 e. The summed E-state index contributed by atoms with van der Waals surface area (Å²) in [4.78, 5) is 0. The first kappa shape index (κ1) is 12.5. The molecule has 1 aliphatic heterocycles. The van der Waals surface area contributed by atoms with Crippen molar-refractivity contribution < 1.29 is 14.2 Å². The minimum atomic E-state index is 0.146. The fourth-order valence-electron chi connectivity index (χ4n) is 1.84. The molecule has 5 heteroatoms. The summed E-state index contributed by atoms with van der Waals surface area (Å²) in [5.74, 6) is 7.73. The predicted octanol–water partition coefficient (Wildman–Crippen LogP) is 2.43. The van der Waals surface area contributed by atoms with E-state index in [9.17, 15) is 0 Å². The molecule has 1 aromatic carbocycles. The van der Waals surface area contributed by atoms with E-state index in [4.69, 9.17) is 31.5 Å². The molecule has 1 aromatic rings. The Morgan fingerprint density at radius 3 is 2.95 bits per heavy atom. The Hall–Kier alpha value is -1.57. The SMILES string of the molecule is Nc1c(Cl)cc(C#CCOCC2CC2)c2c1OCO2. The van der Waals surface area contributed by atoms with Crippen molar-refractivity contribution in [3.8, 4) is 23.3 Å². The standard InChI is InChI=1S/C14H14ClNO3/c15-11-6-10(2-1-5-17-7-9-3-4-9)13-14(12(11)16)19-8-18-13/h6,9H,3-5,7-8,16H2. The molecule has 2 aliphatic rings. The van der Waals surface area contributed by atoms with Crippen LogP contribution >= 0.6 is 11.6 Å². The van der Waals surface area contributed by atoms with Gasteiger partial charge in [0.1, 0.15) is 6.61 Å². The molecule has 0 saturated heterocycles. The number of fused-ring (bicyclic) bond motifs is 1. The van der Waals surface area contributed by atoms with Crippen molar-refractivity contribution in [1.29, 1.82) is 0 Å². The molecule has 19 heavy (non-hydrogen) atoms. The predicted molar refractivity (Wildman–Crippen MR) is 72.4 cm³/mol. The Bertz CT molecular complexity index is 558. The second-order valence-electron chi connectivity index (χ2n) is 4.64. The van der Waals surface area contributed by atoms with E-state index >= 15 is 0 Å². The highest BCUT2D eigenvalue weighted by Gasteiger charge is 2.23. The average Bonchev–Trinajstić information content (AvgIpc) is 3.09. The van der Waals surface area contributed by atoms with Crippen molar-refractivity contribution in [2.75, 3.05) is 25.7 Å². The van der Waals surface area contributed by atoms with Crippen LogP contribution in [0.1, 0.15) is 18.4 Å². The Labute approximate surface area is 116 Å². The maximum atomic E-state index is 6.03. The Morgan fingerprint density at radius 2 is 2.16 bits per heavy atom. The number of nitrogen functional groups attached to an aromatic ring is 1. The van der Waals surface area contributed by atoms with E-state index in [1.165, 1.54) is 12.8 Å². The maximum Gasteiger partial charge on any atom is 0.231 e. The quantitative estimate of drug-likeness (QED) is 0.524. The third-order valence-electron chi connectivity index (χ3n) is 3.08. The van der Waals surface area contributed by atoms with E-state index in [-0.39, 0.29) is 6.79 Å². The van der Waals surface area contributed by atoms with Gasteiger partial charge in [0.05, 0.1) is 22.9 Å². The van der Waals surface area contributed by atoms with Crippen molar-refractivity contribution >= 4 is 17.3 Å². The van der Waals surface area contributed by atoms with E-state index in [2.05, 4.69) is 11.8 Å². The molecule has 100 valence electrons. The lowest BCUT2D eigenvalue weighted by Gasteiger charge is -2.04. The molecule has 0 amide bonds. The fraction of sp³-hybridized carbons (Fsp3) is 0.429. The van der Waals surface area contributed by atoms with Crippen LogP contribution in [0.4, 0.5) is 5.69 Å². The fourth-order valence-corrected chi connectivity index (χ4v) is 2.04. The number of nitrogens with two attached hydrogens (primary N) is 1. The van der Waals surface area contributed by atoms with Crippen LogP contribution in [0.3, 0.4) is 0 Å². The number of hydrogen-bond acceptors (Lipinski definition) is 4. The number of ether oxygens (including phenoxy) is 3. The van der Waals surface area contributed by atoms with Gasteiger partial charge < -0.3 is 19.9 Å². The molecule has 0 radical (unpaired) electrons. The highest BCUT2D eigenvalue weighted by atomic mass is 35.5. The summed E-state index contributed by atoms with van der Waals surface area (Å²) in [6.45, 7) is 1.36. The second-order valence-corrected chi connectivity index (χ2v) is 5.05. The van der Waals surface area contributed by atoms with E-state index in [0.29, 0.717) is 34.4 Å². The van der Waals surface area contributed by atoms with E-state index in [0.717, 1.165) is 12.5 Å². The molecule has 0 aromatic heterocycles. The Morgan fingerprint density at radius 1 is 1.37 bits per heavy atom. The van der Waals surface area contributed by atoms with Crippen LogP contribution in [-0.2, 0) is 4.74 Å². The van der Waals surface area contributed by atoms with Gasteiger partial charge in [-0.2, -0.15) is 0 Å². The summed E-state index contributed by atoms with van der Waals surface area (Å²) < 4.78 is 16.1. The first-order valence-electron chi connectivity index (χ1n) is 6.20. The minimum absolute atomic E-state index is 0.146. The number of anilines is 1. The van der Waals surface area contributed by atoms with E-state index in [1.807, 2.05) is 0 Å². The number of benzene rings is 1. The van der Waals surface area contributed by atoms with Crippen LogP contribution < -0.4 is 15.2 Å². The third kappa shape index (κ3) is 2.73. The van der Waals surface area contributed by atoms with Crippen LogP contribution in [0.5, 0.6) is 11.5 Å².